The molecule has 0 aliphatic rings. The van der Waals surface area contributed by atoms with E-state index in [1.807, 2.05) is 0 Å². The van der Waals surface area contributed by atoms with Gasteiger partial charge in [-0.05, 0) is 18.2 Å². The lowest BCUT2D eigenvalue weighted by Crippen LogP contribution is -2.11. The van der Waals surface area contributed by atoms with Gasteiger partial charge in [-0.2, -0.15) is 0 Å². The van der Waals surface area contributed by atoms with Gasteiger partial charge in [-0.15, -0.1) is 10.2 Å². The van der Waals surface area contributed by atoms with Gasteiger partial charge >= 0.3 is 5.97 Å². The number of hydrogen-bond donors (Lipinski definition) is 2. The van der Waals surface area contributed by atoms with Crippen molar-refractivity contribution in [1.29, 1.82) is 0 Å². The van der Waals surface area contributed by atoms with Crippen LogP contribution < -0.4 is 5.32 Å². The Morgan fingerprint density at radius 3 is 2.90 bits per heavy atom. The number of nitrogens with zero attached hydrogens (tertiary/aromatic N) is 2. The van der Waals surface area contributed by atoms with E-state index in [0.29, 0.717) is 15.7 Å². The second-order valence-corrected chi connectivity index (χ2v) is 5.35. The van der Waals surface area contributed by atoms with Crippen molar-refractivity contribution in [2.45, 2.75) is 6.61 Å². The lowest BCUT2D eigenvalue weighted by molar-refractivity contribution is -0.142. The molecule has 1 heterocycles. The molecule has 0 radical (unpaired) electrons. The third-order valence-electron chi connectivity index (χ3n) is 2.19. The number of benzene rings is 1. The van der Waals surface area contributed by atoms with Gasteiger partial charge in [0.1, 0.15) is 18.2 Å². The van der Waals surface area contributed by atoms with Crippen LogP contribution in [-0.2, 0) is 16.1 Å². The normalized spacial score (nSPS) is 10.3. The lowest BCUT2D eigenvalue weighted by atomic mass is 10.3. The van der Waals surface area contributed by atoms with E-state index in [0.717, 1.165) is 11.3 Å². The maximum Gasteiger partial charge on any atom is 0.329 e. The number of nitrogens with one attached hydrogen (secondary N) is 1. The summed E-state index contributed by atoms with van der Waals surface area (Å²) in [6.07, 6.45) is 0. The molecule has 0 saturated carbocycles. The first-order valence-electron chi connectivity index (χ1n) is 5.73. The molecule has 0 spiro atoms. The fourth-order valence-electron chi connectivity index (χ4n) is 1.38. The first-order chi connectivity index (χ1) is 10.0. The molecule has 2 N–H and O–H groups in total. The van der Waals surface area contributed by atoms with Crippen LogP contribution in [0, 0.1) is 0 Å². The van der Waals surface area contributed by atoms with Crippen LogP contribution in [0.1, 0.15) is 14.8 Å². The van der Waals surface area contributed by atoms with Gasteiger partial charge < -0.3 is 15.2 Å². The molecular formula is C12H10ClN3O4S. The highest BCUT2D eigenvalue weighted by atomic mass is 35.5. The van der Waals surface area contributed by atoms with Crippen LogP contribution in [0.25, 0.3) is 0 Å². The summed E-state index contributed by atoms with van der Waals surface area (Å²) in [6, 6.07) is 6.71. The van der Waals surface area contributed by atoms with E-state index in [2.05, 4.69) is 15.5 Å². The van der Waals surface area contributed by atoms with Crippen LogP contribution in [0.4, 0.5) is 5.69 Å². The number of carboxylic acid groups (broad SMARTS) is 1. The molecule has 0 aliphatic carbocycles. The van der Waals surface area contributed by atoms with E-state index in [-0.39, 0.29) is 11.6 Å². The minimum Gasteiger partial charge on any atom is -0.480 e. The second-order valence-electron chi connectivity index (χ2n) is 3.85. The van der Waals surface area contributed by atoms with E-state index in [1.165, 1.54) is 0 Å². The average molecular weight is 328 g/mol. The monoisotopic (exact) mass is 327 g/mol. The molecule has 1 aromatic heterocycles. The summed E-state index contributed by atoms with van der Waals surface area (Å²) in [6.45, 7) is -0.433. The number of anilines is 1. The Labute approximate surface area is 128 Å². The zero-order chi connectivity index (χ0) is 15.2. The average Bonchev–Trinajstić information content (AvgIpc) is 2.87. The number of halogens is 1. The molecule has 0 saturated heterocycles. The molecule has 0 unspecified atom stereocenters. The number of hydrogen-bond acceptors (Lipinski definition) is 6. The molecular weight excluding hydrogens is 318 g/mol. The minimum absolute atomic E-state index is 0.00554. The number of carbonyl (C=O) groups excluding carboxylic acids is 1. The summed E-state index contributed by atoms with van der Waals surface area (Å²) in [4.78, 5) is 22.2. The summed E-state index contributed by atoms with van der Waals surface area (Å²) < 4.78 is 4.87. The van der Waals surface area contributed by atoms with E-state index < -0.39 is 18.5 Å². The Kier molecular flexibility index (Phi) is 5.20. The van der Waals surface area contributed by atoms with E-state index in [1.54, 1.807) is 24.3 Å². The topological polar surface area (TPSA) is 101 Å². The molecule has 0 aliphatic heterocycles. The maximum atomic E-state index is 11.9. The van der Waals surface area contributed by atoms with Crippen molar-refractivity contribution < 1.29 is 19.4 Å². The van der Waals surface area contributed by atoms with Crippen molar-refractivity contribution in [1.82, 2.24) is 10.2 Å². The van der Waals surface area contributed by atoms with Gasteiger partial charge in [0, 0.05) is 10.7 Å². The Morgan fingerprint density at radius 2 is 2.19 bits per heavy atom. The molecule has 2 aromatic rings. The fourth-order valence-corrected chi connectivity index (χ4v) is 2.24. The smallest absolute Gasteiger partial charge is 0.329 e. The first-order valence-corrected chi connectivity index (χ1v) is 6.93. The predicted molar refractivity (Wildman–Crippen MR) is 76.6 cm³/mol. The van der Waals surface area contributed by atoms with Crippen LogP contribution in [0.2, 0.25) is 5.02 Å². The van der Waals surface area contributed by atoms with Gasteiger partial charge in [0.25, 0.3) is 5.91 Å². The molecule has 9 heteroatoms. The Hall–Kier alpha value is -2.03. The van der Waals surface area contributed by atoms with Crippen LogP contribution in [0.3, 0.4) is 0 Å². The summed E-state index contributed by atoms with van der Waals surface area (Å²) in [5, 5.41) is 19.6. The second kappa shape index (κ2) is 7.11. The number of rotatable bonds is 6. The Bertz CT molecular complexity index is 661. The van der Waals surface area contributed by atoms with E-state index >= 15 is 0 Å². The summed E-state index contributed by atoms with van der Waals surface area (Å²) >= 11 is 6.85. The van der Waals surface area contributed by atoms with E-state index in [9.17, 15) is 9.59 Å². The molecule has 0 fully saturated rings. The molecule has 0 atom stereocenters. The molecule has 2 rings (SSSR count). The van der Waals surface area contributed by atoms with Gasteiger partial charge in [-0.3, -0.25) is 4.79 Å². The molecule has 1 amide bonds. The van der Waals surface area contributed by atoms with E-state index in [4.69, 9.17) is 21.4 Å². The van der Waals surface area contributed by atoms with Crippen molar-refractivity contribution in [2.24, 2.45) is 0 Å². The third-order valence-corrected chi connectivity index (χ3v) is 3.33. The highest BCUT2D eigenvalue weighted by Gasteiger charge is 2.13. The van der Waals surface area contributed by atoms with Crippen LogP contribution in [-0.4, -0.2) is 33.8 Å². The van der Waals surface area contributed by atoms with Gasteiger partial charge in [0.05, 0.1) is 0 Å². The van der Waals surface area contributed by atoms with Crippen molar-refractivity contribution in [3.63, 3.8) is 0 Å². The quantitative estimate of drug-likeness (QED) is 0.842. The van der Waals surface area contributed by atoms with Crippen molar-refractivity contribution in [3.8, 4) is 0 Å². The number of carbonyl (C=O) groups is 2. The largest absolute Gasteiger partial charge is 0.480 e. The zero-order valence-electron chi connectivity index (χ0n) is 10.6. The molecule has 7 nitrogen and oxygen atoms in total. The number of aliphatic carboxylic acids is 1. The Morgan fingerprint density at radius 1 is 1.38 bits per heavy atom. The minimum atomic E-state index is -1.07. The fraction of sp³-hybridized carbons (Fsp3) is 0.167. The van der Waals surface area contributed by atoms with Crippen LogP contribution in [0.5, 0.6) is 0 Å². The van der Waals surface area contributed by atoms with Gasteiger partial charge in [0.15, 0.2) is 0 Å². The third kappa shape index (κ3) is 4.78. The number of aromatic nitrogens is 2. The number of carboxylic acids is 1. The molecule has 1 aromatic carbocycles. The van der Waals surface area contributed by atoms with Crippen molar-refractivity contribution in [3.05, 3.63) is 39.3 Å². The van der Waals surface area contributed by atoms with Crippen molar-refractivity contribution >= 4 is 40.5 Å². The summed E-state index contributed by atoms with van der Waals surface area (Å²) in [7, 11) is 0. The van der Waals surface area contributed by atoms with Gasteiger partial charge in [-0.1, -0.05) is 29.0 Å². The molecule has 21 heavy (non-hydrogen) atoms. The highest BCUT2D eigenvalue weighted by Crippen LogP contribution is 2.17. The first kappa shape index (κ1) is 15.4. The zero-order valence-corrected chi connectivity index (χ0v) is 12.1. The number of amides is 1. The summed E-state index contributed by atoms with van der Waals surface area (Å²) in [5.41, 5.74) is 0.548. The van der Waals surface area contributed by atoms with Crippen LogP contribution >= 0.6 is 22.9 Å². The number of ether oxygens (including phenoxy) is 1. The standard InChI is InChI=1S/C12H10ClN3O4S/c13-7-2-1-3-8(4-7)14-11(19)12-16-15-9(21-12)5-20-6-10(17)18/h1-4H,5-6H2,(H,14,19)(H,17,18). The summed E-state index contributed by atoms with van der Waals surface area (Å²) in [5.74, 6) is -1.49. The lowest BCUT2D eigenvalue weighted by Gasteiger charge is -2.02. The predicted octanol–water partition coefficient (Wildman–Crippen LogP) is 2.04. The molecule has 0 bridgehead atoms. The highest BCUT2D eigenvalue weighted by molar-refractivity contribution is 7.13. The van der Waals surface area contributed by atoms with Gasteiger partial charge in [-0.25, -0.2) is 4.79 Å². The molecule has 110 valence electrons. The Balaban J connectivity index is 1.94. The maximum absolute atomic E-state index is 11.9. The van der Waals surface area contributed by atoms with Crippen LogP contribution in [0.15, 0.2) is 24.3 Å². The van der Waals surface area contributed by atoms with Gasteiger partial charge in [0.2, 0.25) is 5.01 Å². The SMILES string of the molecule is O=C(O)COCc1nnc(C(=O)Nc2cccc(Cl)c2)s1. The van der Waals surface area contributed by atoms with Crippen molar-refractivity contribution in [2.75, 3.05) is 11.9 Å².